The van der Waals surface area contributed by atoms with E-state index in [0.717, 1.165) is 22.1 Å². The van der Waals surface area contributed by atoms with Crippen LogP contribution in [0, 0.1) is 18.3 Å². The molecule has 0 saturated carbocycles. The molecule has 3 heteroatoms. The van der Waals surface area contributed by atoms with Crippen LogP contribution in [0.25, 0.3) is 0 Å². The zero-order chi connectivity index (χ0) is 14.5. The second-order valence-electron chi connectivity index (χ2n) is 4.80. The van der Waals surface area contributed by atoms with Crippen LogP contribution in [-0.2, 0) is 0 Å². The predicted octanol–water partition coefficient (Wildman–Crippen LogP) is 5.19. The molecular formula is C17H17BrN2. The van der Waals surface area contributed by atoms with E-state index in [9.17, 15) is 0 Å². The van der Waals surface area contributed by atoms with E-state index in [1.807, 2.05) is 30.3 Å². The summed E-state index contributed by atoms with van der Waals surface area (Å²) in [5.41, 5.74) is 4.10. The highest BCUT2D eigenvalue weighted by Gasteiger charge is 2.11. The number of hydrogen-bond donors (Lipinski definition) is 1. The number of nitriles is 1. The number of nitrogens with zero attached hydrogens (tertiary/aromatic N) is 1. The van der Waals surface area contributed by atoms with Crippen molar-refractivity contribution in [2.24, 2.45) is 0 Å². The monoisotopic (exact) mass is 328 g/mol. The minimum atomic E-state index is 0.236. The minimum Gasteiger partial charge on any atom is -0.378 e. The molecule has 2 rings (SSSR count). The van der Waals surface area contributed by atoms with Crippen molar-refractivity contribution in [1.82, 2.24) is 0 Å². The van der Waals surface area contributed by atoms with E-state index in [0.29, 0.717) is 5.56 Å². The molecule has 1 unspecified atom stereocenters. The SMILES string of the molecule is CCC(Nc1cc(C#N)ccc1C)c1cccc(Br)c1. The van der Waals surface area contributed by atoms with Gasteiger partial charge in [0.15, 0.2) is 0 Å². The van der Waals surface area contributed by atoms with Crippen molar-refractivity contribution in [2.45, 2.75) is 26.3 Å². The summed E-state index contributed by atoms with van der Waals surface area (Å²) in [6.45, 7) is 4.21. The highest BCUT2D eigenvalue weighted by Crippen LogP contribution is 2.27. The minimum absolute atomic E-state index is 0.236. The lowest BCUT2D eigenvalue weighted by Crippen LogP contribution is -2.10. The van der Waals surface area contributed by atoms with Gasteiger partial charge in [-0.1, -0.05) is 41.1 Å². The smallest absolute Gasteiger partial charge is 0.0992 e. The van der Waals surface area contributed by atoms with Crippen LogP contribution in [0.3, 0.4) is 0 Å². The standard InChI is InChI=1S/C17H17BrN2/c1-3-16(14-5-4-6-15(18)10-14)20-17-9-13(11-19)8-7-12(17)2/h4-10,16,20H,3H2,1-2H3. The van der Waals surface area contributed by atoms with Crippen LogP contribution in [0.4, 0.5) is 5.69 Å². The third-order valence-electron chi connectivity index (χ3n) is 3.36. The largest absolute Gasteiger partial charge is 0.378 e. The van der Waals surface area contributed by atoms with Crippen LogP contribution < -0.4 is 5.32 Å². The first kappa shape index (κ1) is 14.6. The maximum atomic E-state index is 9.01. The molecule has 0 bridgehead atoms. The van der Waals surface area contributed by atoms with Crippen LogP contribution in [-0.4, -0.2) is 0 Å². The maximum absolute atomic E-state index is 9.01. The van der Waals surface area contributed by atoms with Gasteiger partial charge in [0.1, 0.15) is 0 Å². The van der Waals surface area contributed by atoms with Crippen molar-refractivity contribution in [3.8, 4) is 6.07 Å². The van der Waals surface area contributed by atoms with Crippen LogP contribution >= 0.6 is 15.9 Å². The van der Waals surface area contributed by atoms with Gasteiger partial charge in [0, 0.05) is 10.2 Å². The summed E-state index contributed by atoms with van der Waals surface area (Å²) in [5.74, 6) is 0. The van der Waals surface area contributed by atoms with Gasteiger partial charge in [-0.3, -0.25) is 0 Å². The van der Waals surface area contributed by atoms with Gasteiger partial charge in [-0.05, 0) is 48.7 Å². The van der Waals surface area contributed by atoms with Crippen molar-refractivity contribution >= 4 is 21.6 Å². The molecule has 2 aromatic carbocycles. The Morgan fingerprint density at radius 1 is 1.25 bits per heavy atom. The molecule has 1 atom stereocenters. The van der Waals surface area contributed by atoms with E-state index in [1.54, 1.807) is 0 Å². The van der Waals surface area contributed by atoms with Crippen LogP contribution in [0.5, 0.6) is 0 Å². The van der Waals surface area contributed by atoms with Crippen molar-refractivity contribution < 1.29 is 0 Å². The van der Waals surface area contributed by atoms with Gasteiger partial charge in [-0.2, -0.15) is 5.26 Å². The Morgan fingerprint density at radius 2 is 2.05 bits per heavy atom. The molecule has 0 radical (unpaired) electrons. The molecule has 0 aliphatic carbocycles. The maximum Gasteiger partial charge on any atom is 0.0992 e. The molecule has 2 nitrogen and oxygen atoms in total. The number of anilines is 1. The van der Waals surface area contributed by atoms with E-state index in [1.165, 1.54) is 5.56 Å². The number of nitrogens with one attached hydrogen (secondary N) is 1. The first-order valence-corrected chi connectivity index (χ1v) is 7.46. The van der Waals surface area contributed by atoms with Gasteiger partial charge in [-0.15, -0.1) is 0 Å². The van der Waals surface area contributed by atoms with Gasteiger partial charge in [0.25, 0.3) is 0 Å². The van der Waals surface area contributed by atoms with Crippen molar-refractivity contribution in [2.75, 3.05) is 5.32 Å². The fraction of sp³-hybridized carbons (Fsp3) is 0.235. The average molecular weight is 329 g/mol. The number of halogens is 1. The van der Waals surface area contributed by atoms with E-state index >= 15 is 0 Å². The van der Waals surface area contributed by atoms with Gasteiger partial charge in [0.05, 0.1) is 17.7 Å². The van der Waals surface area contributed by atoms with Crippen LogP contribution in [0.15, 0.2) is 46.9 Å². The van der Waals surface area contributed by atoms with Gasteiger partial charge in [-0.25, -0.2) is 0 Å². The molecule has 0 aliphatic heterocycles. The first-order chi connectivity index (χ1) is 9.63. The third kappa shape index (κ3) is 3.40. The second-order valence-corrected chi connectivity index (χ2v) is 5.72. The first-order valence-electron chi connectivity index (χ1n) is 6.66. The van der Waals surface area contributed by atoms with Crippen LogP contribution in [0.2, 0.25) is 0 Å². The topological polar surface area (TPSA) is 35.8 Å². The fourth-order valence-corrected chi connectivity index (χ4v) is 2.60. The summed E-state index contributed by atoms with van der Waals surface area (Å²) in [6.07, 6.45) is 0.979. The lowest BCUT2D eigenvalue weighted by Gasteiger charge is -2.20. The predicted molar refractivity (Wildman–Crippen MR) is 86.7 cm³/mol. The Labute approximate surface area is 128 Å². The highest BCUT2D eigenvalue weighted by atomic mass is 79.9. The summed E-state index contributed by atoms with van der Waals surface area (Å²) in [5, 5.41) is 12.6. The fourth-order valence-electron chi connectivity index (χ4n) is 2.18. The zero-order valence-electron chi connectivity index (χ0n) is 11.7. The number of aryl methyl sites for hydroxylation is 1. The van der Waals surface area contributed by atoms with E-state index < -0.39 is 0 Å². The Morgan fingerprint density at radius 3 is 2.70 bits per heavy atom. The van der Waals surface area contributed by atoms with Gasteiger partial charge < -0.3 is 5.32 Å². The lowest BCUT2D eigenvalue weighted by atomic mass is 10.0. The number of rotatable bonds is 4. The summed E-state index contributed by atoms with van der Waals surface area (Å²) in [4.78, 5) is 0. The Hall–Kier alpha value is -1.79. The molecule has 0 amide bonds. The molecule has 0 heterocycles. The Bertz CT molecular complexity index is 644. The van der Waals surface area contributed by atoms with E-state index in [-0.39, 0.29) is 6.04 Å². The average Bonchev–Trinajstić information content (AvgIpc) is 2.46. The van der Waals surface area contributed by atoms with Crippen molar-refractivity contribution in [1.29, 1.82) is 5.26 Å². The molecule has 0 saturated heterocycles. The molecule has 20 heavy (non-hydrogen) atoms. The van der Waals surface area contributed by atoms with E-state index in [4.69, 9.17) is 5.26 Å². The summed E-state index contributed by atoms with van der Waals surface area (Å²) in [7, 11) is 0. The Kier molecular flexibility index (Phi) is 4.81. The normalized spacial score (nSPS) is 11.7. The quantitative estimate of drug-likeness (QED) is 0.837. The molecule has 0 spiro atoms. The highest BCUT2D eigenvalue weighted by molar-refractivity contribution is 9.10. The summed E-state index contributed by atoms with van der Waals surface area (Å²) < 4.78 is 1.08. The zero-order valence-corrected chi connectivity index (χ0v) is 13.2. The lowest BCUT2D eigenvalue weighted by molar-refractivity contribution is 0.748. The molecule has 102 valence electrons. The summed E-state index contributed by atoms with van der Waals surface area (Å²) in [6, 6.07) is 16.5. The second kappa shape index (κ2) is 6.58. The van der Waals surface area contributed by atoms with Crippen LogP contribution in [0.1, 0.15) is 36.1 Å². The van der Waals surface area contributed by atoms with Crippen molar-refractivity contribution in [3.05, 3.63) is 63.6 Å². The Balaban J connectivity index is 2.29. The van der Waals surface area contributed by atoms with Crippen molar-refractivity contribution in [3.63, 3.8) is 0 Å². The van der Waals surface area contributed by atoms with E-state index in [2.05, 4.69) is 53.3 Å². The molecule has 0 aliphatic rings. The summed E-state index contributed by atoms with van der Waals surface area (Å²) >= 11 is 3.51. The molecule has 2 aromatic rings. The molecule has 0 aromatic heterocycles. The molecular weight excluding hydrogens is 312 g/mol. The van der Waals surface area contributed by atoms with Gasteiger partial charge >= 0.3 is 0 Å². The number of hydrogen-bond acceptors (Lipinski definition) is 2. The third-order valence-corrected chi connectivity index (χ3v) is 3.85. The number of benzene rings is 2. The molecule has 1 N–H and O–H groups in total. The van der Waals surface area contributed by atoms with Gasteiger partial charge in [0.2, 0.25) is 0 Å². The molecule has 0 fully saturated rings.